The van der Waals surface area contributed by atoms with Gasteiger partial charge in [-0.15, -0.1) is 0 Å². The molecule has 0 bridgehead atoms. The molecule has 3 aromatic carbocycles. The first-order valence-electron chi connectivity index (χ1n) is 8.40. The lowest BCUT2D eigenvalue weighted by atomic mass is 10.1. The Morgan fingerprint density at radius 1 is 0.964 bits per heavy atom. The summed E-state index contributed by atoms with van der Waals surface area (Å²) in [5.41, 5.74) is 5.23. The van der Waals surface area contributed by atoms with Crippen molar-refractivity contribution in [1.29, 1.82) is 5.26 Å². The van der Waals surface area contributed by atoms with E-state index >= 15 is 0 Å². The van der Waals surface area contributed by atoms with E-state index in [0.717, 1.165) is 10.8 Å². The fourth-order valence-corrected chi connectivity index (χ4v) is 2.62. The molecule has 7 nitrogen and oxygen atoms in total. The molecule has 0 aliphatic heterocycles. The van der Waals surface area contributed by atoms with Crippen LogP contribution in [0.5, 0.6) is 11.5 Å². The lowest BCUT2D eigenvalue weighted by Crippen LogP contribution is -2.44. The number of carbonyl (C=O) groups excluding carboxylic acids is 2. The second-order valence-corrected chi connectivity index (χ2v) is 5.80. The molecule has 0 heterocycles. The maximum Gasteiger partial charge on any atom is 0.276 e. The highest BCUT2D eigenvalue weighted by atomic mass is 16.5. The lowest BCUT2D eigenvalue weighted by Gasteiger charge is -2.12. The molecule has 3 rings (SSSR count). The zero-order valence-electron chi connectivity index (χ0n) is 15.1. The molecule has 0 aliphatic rings. The minimum atomic E-state index is -0.569. The van der Waals surface area contributed by atoms with Gasteiger partial charge in [-0.2, -0.15) is 5.26 Å². The van der Waals surface area contributed by atoms with Gasteiger partial charge >= 0.3 is 0 Å². The Hall–Kier alpha value is -4.05. The summed E-state index contributed by atoms with van der Waals surface area (Å²) in [4.78, 5) is 24.4. The normalized spacial score (nSPS) is 10.0. The SMILES string of the molecule is COc1cc2ccccc2cc1C(=O)NNC(=O)COc1ccccc1C#N. The molecule has 0 atom stereocenters. The molecule has 0 fully saturated rings. The first-order chi connectivity index (χ1) is 13.6. The van der Waals surface area contributed by atoms with Crippen LogP contribution in [0.2, 0.25) is 0 Å². The molecule has 2 amide bonds. The van der Waals surface area contributed by atoms with E-state index in [1.54, 1.807) is 36.4 Å². The van der Waals surface area contributed by atoms with Gasteiger partial charge in [0.25, 0.3) is 11.8 Å². The second kappa shape index (κ2) is 8.56. The number of benzene rings is 3. The van der Waals surface area contributed by atoms with Crippen LogP contribution in [0.4, 0.5) is 0 Å². The fraction of sp³-hybridized carbons (Fsp3) is 0.0952. The molecule has 3 aromatic rings. The quantitative estimate of drug-likeness (QED) is 0.668. The van der Waals surface area contributed by atoms with Crippen molar-refractivity contribution >= 4 is 22.6 Å². The third-order valence-corrected chi connectivity index (χ3v) is 3.99. The number of hydrazine groups is 1. The maximum atomic E-state index is 12.5. The number of para-hydroxylation sites is 1. The van der Waals surface area contributed by atoms with Crippen LogP contribution in [-0.2, 0) is 4.79 Å². The smallest absolute Gasteiger partial charge is 0.276 e. The zero-order valence-corrected chi connectivity index (χ0v) is 15.1. The molecule has 0 saturated carbocycles. The molecule has 0 radical (unpaired) electrons. The average molecular weight is 375 g/mol. The number of ether oxygens (including phenoxy) is 2. The number of nitrogens with zero attached hydrogens (tertiary/aromatic N) is 1. The Morgan fingerprint density at radius 2 is 1.64 bits per heavy atom. The van der Waals surface area contributed by atoms with Gasteiger partial charge in [0.05, 0.1) is 18.2 Å². The van der Waals surface area contributed by atoms with Gasteiger partial charge in [-0.05, 0) is 35.0 Å². The molecule has 7 heteroatoms. The summed E-state index contributed by atoms with van der Waals surface area (Å²) >= 11 is 0. The van der Waals surface area contributed by atoms with E-state index in [0.29, 0.717) is 17.1 Å². The fourth-order valence-electron chi connectivity index (χ4n) is 2.62. The number of hydrogen-bond donors (Lipinski definition) is 2. The standard InChI is InChI=1S/C21H17N3O4/c1-27-19-11-15-7-3-2-6-14(15)10-17(19)21(26)24-23-20(25)13-28-18-9-5-4-8-16(18)12-22/h2-11H,13H2,1H3,(H,23,25)(H,24,26). The van der Waals surface area contributed by atoms with Crippen LogP contribution < -0.4 is 20.3 Å². The summed E-state index contributed by atoms with van der Waals surface area (Å²) in [6, 6.07) is 19.5. The summed E-state index contributed by atoms with van der Waals surface area (Å²) in [6.45, 7) is -0.353. The maximum absolute atomic E-state index is 12.5. The van der Waals surface area contributed by atoms with Crippen molar-refractivity contribution in [3.05, 3.63) is 71.8 Å². The molecule has 0 unspecified atom stereocenters. The second-order valence-electron chi connectivity index (χ2n) is 5.80. The van der Waals surface area contributed by atoms with Crippen LogP contribution in [0.1, 0.15) is 15.9 Å². The van der Waals surface area contributed by atoms with Crippen LogP contribution in [0.15, 0.2) is 60.7 Å². The molecule has 140 valence electrons. The summed E-state index contributed by atoms with van der Waals surface area (Å²) in [5.74, 6) is -0.401. The van der Waals surface area contributed by atoms with Crippen molar-refractivity contribution in [2.24, 2.45) is 0 Å². The number of nitriles is 1. The van der Waals surface area contributed by atoms with Gasteiger partial charge in [0, 0.05) is 0 Å². The lowest BCUT2D eigenvalue weighted by molar-refractivity contribution is -0.123. The van der Waals surface area contributed by atoms with E-state index in [-0.39, 0.29) is 12.2 Å². The monoisotopic (exact) mass is 375 g/mol. The van der Waals surface area contributed by atoms with Crippen LogP contribution >= 0.6 is 0 Å². The van der Waals surface area contributed by atoms with Crippen molar-refractivity contribution in [2.45, 2.75) is 0 Å². The summed E-state index contributed by atoms with van der Waals surface area (Å²) < 4.78 is 10.6. The molecule has 2 N–H and O–H groups in total. The largest absolute Gasteiger partial charge is 0.496 e. The number of fused-ring (bicyclic) bond motifs is 1. The highest BCUT2D eigenvalue weighted by Gasteiger charge is 2.15. The van der Waals surface area contributed by atoms with E-state index in [1.807, 2.05) is 30.3 Å². The first kappa shape index (κ1) is 18.7. The summed E-state index contributed by atoms with van der Waals surface area (Å²) in [6.07, 6.45) is 0. The third kappa shape index (κ3) is 4.19. The Kier molecular flexibility index (Phi) is 5.72. The van der Waals surface area contributed by atoms with Gasteiger partial charge in [0.15, 0.2) is 6.61 Å². The van der Waals surface area contributed by atoms with E-state index < -0.39 is 11.8 Å². The number of hydrogen-bond acceptors (Lipinski definition) is 5. The molecule has 0 spiro atoms. The average Bonchev–Trinajstić information content (AvgIpc) is 2.75. The topological polar surface area (TPSA) is 100 Å². The van der Waals surface area contributed by atoms with E-state index in [9.17, 15) is 9.59 Å². The Labute approximate surface area is 161 Å². The van der Waals surface area contributed by atoms with Crippen LogP contribution in [0.3, 0.4) is 0 Å². The molecule has 0 aliphatic carbocycles. The Balaban J connectivity index is 1.63. The van der Waals surface area contributed by atoms with Gasteiger partial charge in [-0.3, -0.25) is 20.4 Å². The summed E-state index contributed by atoms with van der Waals surface area (Å²) in [7, 11) is 1.47. The van der Waals surface area contributed by atoms with Crippen LogP contribution in [-0.4, -0.2) is 25.5 Å². The van der Waals surface area contributed by atoms with Gasteiger partial charge < -0.3 is 9.47 Å². The molecule has 28 heavy (non-hydrogen) atoms. The van der Waals surface area contributed by atoms with Gasteiger partial charge in [-0.1, -0.05) is 36.4 Å². The highest BCUT2D eigenvalue weighted by Crippen LogP contribution is 2.25. The summed E-state index contributed by atoms with van der Waals surface area (Å²) in [5, 5.41) is 10.8. The predicted molar refractivity (Wildman–Crippen MR) is 103 cm³/mol. The number of nitrogens with one attached hydrogen (secondary N) is 2. The van der Waals surface area contributed by atoms with E-state index in [1.165, 1.54) is 7.11 Å². The number of rotatable bonds is 5. The molecular weight excluding hydrogens is 358 g/mol. The van der Waals surface area contributed by atoms with Gasteiger partial charge in [0.2, 0.25) is 0 Å². The van der Waals surface area contributed by atoms with Crippen molar-refractivity contribution < 1.29 is 19.1 Å². The zero-order chi connectivity index (χ0) is 19.9. The van der Waals surface area contributed by atoms with Crippen LogP contribution in [0.25, 0.3) is 10.8 Å². The van der Waals surface area contributed by atoms with Crippen molar-refractivity contribution in [1.82, 2.24) is 10.9 Å². The van der Waals surface area contributed by atoms with E-state index in [4.69, 9.17) is 14.7 Å². The van der Waals surface area contributed by atoms with Crippen molar-refractivity contribution in [3.63, 3.8) is 0 Å². The minimum absolute atomic E-state index is 0.289. The van der Waals surface area contributed by atoms with E-state index in [2.05, 4.69) is 10.9 Å². The molecule has 0 saturated heterocycles. The van der Waals surface area contributed by atoms with Gasteiger partial charge in [0.1, 0.15) is 17.6 Å². The Bertz CT molecular complexity index is 1070. The molecule has 0 aromatic heterocycles. The predicted octanol–water partition coefficient (Wildman–Crippen LogP) is 2.56. The van der Waals surface area contributed by atoms with Crippen molar-refractivity contribution in [2.75, 3.05) is 13.7 Å². The number of methoxy groups -OCH3 is 1. The first-order valence-corrected chi connectivity index (χ1v) is 8.40. The Morgan fingerprint density at radius 3 is 2.36 bits per heavy atom. The number of carbonyl (C=O) groups is 2. The minimum Gasteiger partial charge on any atom is -0.496 e. The van der Waals surface area contributed by atoms with Crippen molar-refractivity contribution in [3.8, 4) is 17.6 Å². The number of amides is 2. The molecular formula is C21H17N3O4. The van der Waals surface area contributed by atoms with Gasteiger partial charge in [-0.25, -0.2) is 0 Å². The third-order valence-electron chi connectivity index (χ3n) is 3.99. The van der Waals surface area contributed by atoms with Crippen LogP contribution in [0, 0.1) is 11.3 Å². The highest BCUT2D eigenvalue weighted by molar-refractivity contribution is 6.02.